The molecular weight excluding hydrogens is 236 g/mol. The van der Waals surface area contributed by atoms with E-state index in [4.69, 9.17) is 5.73 Å². The molecule has 3 rings (SSSR count). The molecule has 0 aromatic carbocycles. The first-order valence-electron chi connectivity index (χ1n) is 6.02. The molecule has 1 saturated carbocycles. The van der Waals surface area contributed by atoms with Crippen LogP contribution in [-0.4, -0.2) is 42.0 Å². The van der Waals surface area contributed by atoms with Crippen molar-refractivity contribution in [2.75, 3.05) is 31.9 Å². The molecule has 0 unspecified atom stereocenters. The fourth-order valence-corrected chi connectivity index (χ4v) is 3.03. The van der Waals surface area contributed by atoms with Gasteiger partial charge in [-0.2, -0.15) is 0 Å². The van der Waals surface area contributed by atoms with Crippen molar-refractivity contribution >= 4 is 22.4 Å². The topological polar surface area (TPSA) is 71.2 Å². The number of amides is 1. The smallest absolute Gasteiger partial charge is 0.266 e. The number of piperazine rings is 1. The minimum atomic E-state index is 0.114. The van der Waals surface area contributed by atoms with Crippen LogP contribution >= 0.6 is 11.3 Å². The Balaban J connectivity index is 1.84. The van der Waals surface area contributed by atoms with Crippen molar-refractivity contribution in [3.63, 3.8) is 0 Å². The summed E-state index contributed by atoms with van der Waals surface area (Å²) in [6.45, 7) is 3.30. The summed E-state index contributed by atoms with van der Waals surface area (Å²) in [6, 6.07) is 0. The third-order valence-corrected chi connectivity index (χ3v) is 4.12. The molecular formula is C11H16N4OS. The summed E-state index contributed by atoms with van der Waals surface area (Å²) in [4.78, 5) is 19.4. The van der Waals surface area contributed by atoms with Gasteiger partial charge in [0.25, 0.3) is 5.91 Å². The molecule has 92 valence electrons. The average Bonchev–Trinajstić information content (AvgIpc) is 3.13. The number of hydrogen-bond acceptors (Lipinski definition) is 5. The van der Waals surface area contributed by atoms with E-state index in [-0.39, 0.29) is 5.91 Å². The second kappa shape index (κ2) is 4.27. The summed E-state index contributed by atoms with van der Waals surface area (Å²) in [6.07, 6.45) is 2.29. The van der Waals surface area contributed by atoms with Gasteiger partial charge in [0.05, 0.1) is 5.69 Å². The van der Waals surface area contributed by atoms with Gasteiger partial charge in [0.15, 0.2) is 5.13 Å². The lowest BCUT2D eigenvalue weighted by Gasteiger charge is -2.27. The molecule has 2 aliphatic rings. The number of nitrogens with two attached hydrogens (primary N) is 1. The Kier molecular flexibility index (Phi) is 2.76. The lowest BCUT2D eigenvalue weighted by atomic mass is 10.2. The molecule has 1 saturated heterocycles. The Hall–Kier alpha value is -1.14. The highest BCUT2D eigenvalue weighted by molar-refractivity contribution is 7.17. The van der Waals surface area contributed by atoms with Gasteiger partial charge in [0.2, 0.25) is 0 Å². The standard InChI is InChI=1S/C11H16N4OS/c12-11-14-8(7-1-2-7)9(17-11)10(16)15-5-3-13-4-6-15/h7,13H,1-6H2,(H2,12,14). The highest BCUT2D eigenvalue weighted by Crippen LogP contribution is 2.43. The van der Waals surface area contributed by atoms with E-state index in [9.17, 15) is 4.79 Å². The number of nitrogens with zero attached hydrogens (tertiary/aromatic N) is 2. The van der Waals surface area contributed by atoms with Crippen LogP contribution in [0, 0.1) is 0 Å². The Morgan fingerprint density at radius 3 is 2.76 bits per heavy atom. The lowest BCUT2D eigenvalue weighted by molar-refractivity contribution is 0.0739. The molecule has 1 aromatic rings. The van der Waals surface area contributed by atoms with E-state index in [1.165, 1.54) is 11.3 Å². The Labute approximate surface area is 104 Å². The first-order chi connectivity index (χ1) is 8.25. The molecule has 1 aliphatic heterocycles. The normalized spacial score (nSPS) is 20.6. The number of carbonyl (C=O) groups is 1. The fourth-order valence-electron chi connectivity index (χ4n) is 2.15. The number of nitrogens with one attached hydrogen (secondary N) is 1. The van der Waals surface area contributed by atoms with Gasteiger partial charge in [-0.1, -0.05) is 11.3 Å². The van der Waals surface area contributed by atoms with Crippen molar-refractivity contribution in [2.24, 2.45) is 0 Å². The van der Waals surface area contributed by atoms with Gasteiger partial charge in [0.1, 0.15) is 4.88 Å². The molecule has 5 nitrogen and oxygen atoms in total. The molecule has 0 radical (unpaired) electrons. The molecule has 3 N–H and O–H groups in total. The van der Waals surface area contributed by atoms with Crippen LogP contribution in [0.1, 0.15) is 34.1 Å². The SMILES string of the molecule is Nc1nc(C2CC2)c(C(=O)N2CCNCC2)s1. The fraction of sp³-hybridized carbons (Fsp3) is 0.636. The number of rotatable bonds is 2. The maximum Gasteiger partial charge on any atom is 0.266 e. The van der Waals surface area contributed by atoms with Crippen LogP contribution in [0.3, 0.4) is 0 Å². The van der Waals surface area contributed by atoms with Crippen LogP contribution in [0.2, 0.25) is 0 Å². The largest absolute Gasteiger partial charge is 0.375 e. The van der Waals surface area contributed by atoms with E-state index in [2.05, 4.69) is 10.3 Å². The van der Waals surface area contributed by atoms with E-state index in [1.54, 1.807) is 0 Å². The highest BCUT2D eigenvalue weighted by atomic mass is 32.1. The predicted molar refractivity (Wildman–Crippen MR) is 67.3 cm³/mol. The summed E-state index contributed by atoms with van der Waals surface area (Å²) in [5.41, 5.74) is 6.68. The Bertz CT molecular complexity index is 435. The molecule has 1 amide bonds. The maximum atomic E-state index is 12.4. The van der Waals surface area contributed by atoms with Crippen molar-refractivity contribution in [1.29, 1.82) is 0 Å². The van der Waals surface area contributed by atoms with Crippen LogP contribution in [0.5, 0.6) is 0 Å². The molecule has 6 heteroatoms. The summed E-state index contributed by atoms with van der Waals surface area (Å²) >= 11 is 1.34. The molecule has 0 bridgehead atoms. The highest BCUT2D eigenvalue weighted by Gasteiger charge is 2.33. The molecule has 1 aromatic heterocycles. The number of aromatic nitrogens is 1. The van der Waals surface area contributed by atoms with E-state index in [1.807, 2.05) is 4.90 Å². The van der Waals surface area contributed by atoms with Crippen molar-refractivity contribution in [3.05, 3.63) is 10.6 Å². The third-order valence-electron chi connectivity index (χ3n) is 3.23. The van der Waals surface area contributed by atoms with E-state index in [0.29, 0.717) is 11.0 Å². The molecule has 0 spiro atoms. The van der Waals surface area contributed by atoms with E-state index >= 15 is 0 Å². The lowest BCUT2D eigenvalue weighted by Crippen LogP contribution is -2.46. The first-order valence-corrected chi connectivity index (χ1v) is 6.83. The number of thiazole rings is 1. The molecule has 2 fully saturated rings. The van der Waals surface area contributed by atoms with Crippen molar-refractivity contribution < 1.29 is 4.79 Å². The molecule has 0 atom stereocenters. The van der Waals surface area contributed by atoms with Gasteiger partial charge in [-0.3, -0.25) is 4.79 Å². The second-order valence-corrected chi connectivity index (χ2v) is 5.61. The summed E-state index contributed by atoms with van der Waals surface area (Å²) in [5, 5.41) is 3.76. The Morgan fingerprint density at radius 2 is 2.12 bits per heavy atom. The van der Waals surface area contributed by atoms with Crippen molar-refractivity contribution in [2.45, 2.75) is 18.8 Å². The summed E-state index contributed by atoms with van der Waals surface area (Å²) in [7, 11) is 0. The minimum Gasteiger partial charge on any atom is -0.375 e. The number of anilines is 1. The van der Waals surface area contributed by atoms with Gasteiger partial charge >= 0.3 is 0 Å². The monoisotopic (exact) mass is 252 g/mol. The summed E-state index contributed by atoms with van der Waals surface area (Å²) in [5.74, 6) is 0.591. The predicted octanol–water partition coefficient (Wildman–Crippen LogP) is 0.648. The van der Waals surface area contributed by atoms with Crippen LogP contribution in [0.4, 0.5) is 5.13 Å². The quantitative estimate of drug-likeness (QED) is 0.810. The van der Waals surface area contributed by atoms with Crippen molar-refractivity contribution in [1.82, 2.24) is 15.2 Å². The third kappa shape index (κ3) is 2.14. The van der Waals surface area contributed by atoms with E-state index < -0.39 is 0 Å². The van der Waals surface area contributed by atoms with E-state index in [0.717, 1.165) is 49.6 Å². The molecule has 17 heavy (non-hydrogen) atoms. The van der Waals surface area contributed by atoms with Crippen LogP contribution in [-0.2, 0) is 0 Å². The first kappa shape index (κ1) is 11.0. The molecule has 2 heterocycles. The van der Waals surface area contributed by atoms with Gasteiger partial charge < -0.3 is 16.0 Å². The van der Waals surface area contributed by atoms with Crippen LogP contribution < -0.4 is 11.1 Å². The van der Waals surface area contributed by atoms with Gasteiger partial charge in [-0.15, -0.1) is 0 Å². The van der Waals surface area contributed by atoms with Crippen LogP contribution in [0.15, 0.2) is 0 Å². The zero-order valence-electron chi connectivity index (χ0n) is 9.61. The van der Waals surface area contributed by atoms with Gasteiger partial charge in [-0.05, 0) is 12.8 Å². The number of nitrogen functional groups attached to an aromatic ring is 1. The average molecular weight is 252 g/mol. The van der Waals surface area contributed by atoms with Crippen molar-refractivity contribution in [3.8, 4) is 0 Å². The van der Waals surface area contributed by atoms with Gasteiger partial charge in [0, 0.05) is 32.1 Å². The second-order valence-electron chi connectivity index (χ2n) is 4.58. The number of carbonyl (C=O) groups excluding carboxylic acids is 1. The zero-order valence-corrected chi connectivity index (χ0v) is 10.4. The Morgan fingerprint density at radius 1 is 1.41 bits per heavy atom. The van der Waals surface area contributed by atoms with Crippen LogP contribution in [0.25, 0.3) is 0 Å². The maximum absolute atomic E-state index is 12.4. The zero-order chi connectivity index (χ0) is 11.8. The number of hydrogen-bond donors (Lipinski definition) is 2. The molecule has 1 aliphatic carbocycles. The summed E-state index contributed by atoms with van der Waals surface area (Å²) < 4.78 is 0. The minimum absolute atomic E-state index is 0.114. The van der Waals surface area contributed by atoms with Gasteiger partial charge in [-0.25, -0.2) is 4.98 Å².